The van der Waals surface area contributed by atoms with Gasteiger partial charge in [0.1, 0.15) is 11.6 Å². The van der Waals surface area contributed by atoms with Crippen molar-refractivity contribution in [2.24, 2.45) is 5.92 Å². The molecule has 176 valence electrons. The minimum absolute atomic E-state index is 0.0542. The number of amides is 1. The van der Waals surface area contributed by atoms with Gasteiger partial charge in [0.2, 0.25) is 5.75 Å². The van der Waals surface area contributed by atoms with Crippen LogP contribution in [0.4, 0.5) is 4.39 Å². The molecule has 1 aliphatic carbocycles. The molecule has 33 heavy (non-hydrogen) atoms. The summed E-state index contributed by atoms with van der Waals surface area (Å²) in [6.07, 6.45) is 2.94. The van der Waals surface area contributed by atoms with Crippen molar-refractivity contribution in [3.63, 3.8) is 0 Å². The largest absolute Gasteiger partial charge is 0.501 e. The third-order valence-electron chi connectivity index (χ3n) is 6.43. The van der Waals surface area contributed by atoms with Gasteiger partial charge in [0.05, 0.1) is 18.7 Å². The standard InChI is InChI=1S/C23H27FN4O5/c1-2-33-17(29)12-26-23-9-7-15(8-10-23)13-28-21(32)19(30)18(27-22(23)28)20(31)25-11-14-3-5-16(24)6-4-14/h3-6,15,26,30H,2,7-13H2,1H3,(H,25,31). The Morgan fingerprint density at radius 3 is 2.64 bits per heavy atom. The zero-order valence-corrected chi connectivity index (χ0v) is 18.4. The zero-order valence-electron chi connectivity index (χ0n) is 18.4. The summed E-state index contributed by atoms with van der Waals surface area (Å²) in [5, 5.41) is 16.4. The van der Waals surface area contributed by atoms with Crippen LogP contribution in [0, 0.1) is 11.7 Å². The number of esters is 1. The summed E-state index contributed by atoms with van der Waals surface area (Å²) >= 11 is 0. The van der Waals surface area contributed by atoms with E-state index in [-0.39, 0.29) is 31.3 Å². The second-order valence-corrected chi connectivity index (χ2v) is 8.54. The molecule has 2 bridgehead atoms. The van der Waals surface area contributed by atoms with Crippen LogP contribution in [0.25, 0.3) is 0 Å². The van der Waals surface area contributed by atoms with Gasteiger partial charge < -0.3 is 15.2 Å². The number of rotatable bonds is 7. The van der Waals surface area contributed by atoms with Gasteiger partial charge in [-0.3, -0.25) is 24.3 Å². The van der Waals surface area contributed by atoms with Crippen LogP contribution in [0.3, 0.4) is 0 Å². The first-order valence-corrected chi connectivity index (χ1v) is 11.1. The van der Waals surface area contributed by atoms with Crippen molar-refractivity contribution in [2.75, 3.05) is 13.2 Å². The molecule has 1 aromatic heterocycles. The molecule has 0 radical (unpaired) electrons. The Bertz CT molecular complexity index is 1110. The molecule has 2 aromatic rings. The van der Waals surface area contributed by atoms with Crippen molar-refractivity contribution in [1.82, 2.24) is 20.2 Å². The van der Waals surface area contributed by atoms with Crippen molar-refractivity contribution >= 4 is 11.9 Å². The summed E-state index contributed by atoms with van der Waals surface area (Å²) in [6, 6.07) is 5.62. The van der Waals surface area contributed by atoms with E-state index in [1.807, 2.05) is 0 Å². The highest BCUT2D eigenvalue weighted by molar-refractivity contribution is 5.94. The fourth-order valence-corrected chi connectivity index (χ4v) is 4.65. The molecule has 5 rings (SSSR count). The number of fused-ring (bicyclic) bond motifs is 2. The number of nitrogens with zero attached hydrogens (tertiary/aromatic N) is 2. The van der Waals surface area contributed by atoms with Crippen molar-refractivity contribution < 1.29 is 23.8 Å². The maximum Gasteiger partial charge on any atom is 0.319 e. The Morgan fingerprint density at radius 2 is 1.97 bits per heavy atom. The zero-order chi connectivity index (χ0) is 23.6. The first-order valence-electron chi connectivity index (χ1n) is 11.1. The van der Waals surface area contributed by atoms with E-state index >= 15 is 0 Å². The lowest BCUT2D eigenvalue weighted by atomic mass is 9.77. The van der Waals surface area contributed by atoms with Crippen molar-refractivity contribution in [1.29, 1.82) is 0 Å². The molecule has 2 aliphatic heterocycles. The molecule has 1 amide bonds. The number of aromatic nitrogens is 2. The smallest absolute Gasteiger partial charge is 0.319 e. The molecule has 0 saturated heterocycles. The molecule has 0 atom stereocenters. The second-order valence-electron chi connectivity index (χ2n) is 8.54. The Balaban J connectivity index is 1.65. The van der Waals surface area contributed by atoms with Gasteiger partial charge in [-0.1, -0.05) is 12.1 Å². The molecule has 0 unspecified atom stereocenters. The average molecular weight is 458 g/mol. The molecule has 1 saturated carbocycles. The van der Waals surface area contributed by atoms with E-state index < -0.39 is 34.5 Å². The predicted molar refractivity (Wildman–Crippen MR) is 116 cm³/mol. The van der Waals surface area contributed by atoms with Gasteiger partial charge in [0.15, 0.2) is 5.69 Å². The summed E-state index contributed by atoms with van der Waals surface area (Å²) in [7, 11) is 0. The molecule has 3 aliphatic rings. The summed E-state index contributed by atoms with van der Waals surface area (Å²) < 4.78 is 19.6. The summed E-state index contributed by atoms with van der Waals surface area (Å²) in [6.45, 7) is 2.41. The topological polar surface area (TPSA) is 123 Å². The quantitative estimate of drug-likeness (QED) is 0.538. The highest BCUT2D eigenvalue weighted by Crippen LogP contribution is 2.42. The van der Waals surface area contributed by atoms with Gasteiger partial charge in [-0.25, -0.2) is 9.37 Å². The number of hydrogen-bond acceptors (Lipinski definition) is 7. The summed E-state index contributed by atoms with van der Waals surface area (Å²) in [4.78, 5) is 42.3. The lowest BCUT2D eigenvalue weighted by Crippen LogP contribution is -2.49. The van der Waals surface area contributed by atoms with Gasteiger partial charge in [-0.05, 0) is 56.2 Å². The predicted octanol–water partition coefficient (Wildman–Crippen LogP) is 1.57. The number of halogens is 1. The highest BCUT2D eigenvalue weighted by Gasteiger charge is 2.45. The molecule has 10 heteroatoms. The maximum absolute atomic E-state index is 13.1. The van der Waals surface area contributed by atoms with Crippen LogP contribution in [0.1, 0.15) is 54.5 Å². The van der Waals surface area contributed by atoms with Gasteiger partial charge in [0, 0.05) is 13.1 Å². The third kappa shape index (κ3) is 4.61. The van der Waals surface area contributed by atoms with Gasteiger partial charge in [-0.15, -0.1) is 0 Å². The minimum Gasteiger partial charge on any atom is -0.501 e. The monoisotopic (exact) mass is 458 g/mol. The lowest BCUT2D eigenvalue weighted by Gasteiger charge is -2.37. The number of carbonyl (C=O) groups is 2. The van der Waals surface area contributed by atoms with E-state index in [0.29, 0.717) is 30.8 Å². The molecular weight excluding hydrogens is 431 g/mol. The van der Waals surface area contributed by atoms with Crippen LogP contribution in [0.5, 0.6) is 5.75 Å². The van der Waals surface area contributed by atoms with Crippen molar-refractivity contribution in [3.05, 3.63) is 57.5 Å². The Kier molecular flexibility index (Phi) is 6.46. The number of ether oxygens (including phenoxy) is 1. The second kappa shape index (κ2) is 9.30. The number of carbonyl (C=O) groups excluding carboxylic acids is 2. The molecule has 9 nitrogen and oxygen atoms in total. The van der Waals surface area contributed by atoms with E-state index in [4.69, 9.17) is 4.74 Å². The van der Waals surface area contributed by atoms with E-state index in [9.17, 15) is 23.9 Å². The molecule has 1 aromatic carbocycles. The molecule has 3 N–H and O–H groups in total. The van der Waals surface area contributed by atoms with Crippen LogP contribution < -0.4 is 16.2 Å². The van der Waals surface area contributed by atoms with Gasteiger partial charge in [-0.2, -0.15) is 0 Å². The fourth-order valence-electron chi connectivity index (χ4n) is 4.65. The van der Waals surface area contributed by atoms with Crippen LogP contribution in [0.15, 0.2) is 29.1 Å². The van der Waals surface area contributed by atoms with Gasteiger partial charge in [0.25, 0.3) is 11.5 Å². The van der Waals surface area contributed by atoms with Crippen molar-refractivity contribution in [3.8, 4) is 5.75 Å². The van der Waals surface area contributed by atoms with E-state index in [2.05, 4.69) is 15.6 Å². The number of aromatic hydroxyl groups is 1. The van der Waals surface area contributed by atoms with Gasteiger partial charge >= 0.3 is 5.97 Å². The molecular formula is C23H27FN4O5. The summed E-state index contributed by atoms with van der Waals surface area (Å²) in [5.41, 5.74) is -1.17. The Hall–Kier alpha value is -3.27. The SMILES string of the molecule is CCOC(=O)CNC12CCC(CC1)Cn1c2nc(C(=O)NCc2ccc(F)cc2)c(O)c1=O. The normalized spacial score (nSPS) is 21.2. The number of nitrogens with one attached hydrogen (secondary N) is 2. The summed E-state index contributed by atoms with van der Waals surface area (Å²) in [5.74, 6) is -1.63. The third-order valence-corrected chi connectivity index (χ3v) is 6.43. The maximum atomic E-state index is 13.1. The highest BCUT2D eigenvalue weighted by atomic mass is 19.1. The van der Waals surface area contributed by atoms with Crippen LogP contribution in [-0.2, 0) is 28.2 Å². The van der Waals surface area contributed by atoms with Crippen molar-refractivity contribution in [2.45, 2.75) is 51.2 Å². The molecule has 1 fully saturated rings. The Labute approximate surface area is 190 Å². The lowest BCUT2D eigenvalue weighted by molar-refractivity contribution is -0.142. The van der Waals surface area contributed by atoms with E-state index in [1.165, 1.54) is 28.8 Å². The molecule has 3 heterocycles. The molecule has 0 spiro atoms. The van der Waals surface area contributed by atoms with Crippen LogP contribution in [0.2, 0.25) is 0 Å². The Morgan fingerprint density at radius 1 is 1.27 bits per heavy atom. The number of benzene rings is 1. The van der Waals surface area contributed by atoms with Crippen LogP contribution >= 0.6 is 0 Å². The first-order chi connectivity index (χ1) is 15.8. The van der Waals surface area contributed by atoms with Crippen LogP contribution in [-0.4, -0.2) is 39.7 Å². The number of hydrogen-bond donors (Lipinski definition) is 3. The first kappa shape index (κ1) is 22.9. The van der Waals surface area contributed by atoms with E-state index in [1.54, 1.807) is 6.92 Å². The minimum atomic E-state index is -0.779. The average Bonchev–Trinajstić information content (AvgIpc) is 3.06. The van der Waals surface area contributed by atoms with E-state index in [0.717, 1.165) is 12.8 Å². The fraction of sp³-hybridized carbons (Fsp3) is 0.478.